The van der Waals surface area contributed by atoms with Gasteiger partial charge in [-0.15, -0.1) is 0 Å². The molecule has 1 aliphatic rings. The van der Waals surface area contributed by atoms with Crippen LogP contribution in [-0.2, 0) is 21.4 Å². The number of carbonyl (C=O) groups excluding carboxylic acids is 1. The number of ether oxygens (including phenoxy) is 5. The standard InChI is InChI=1S/C39H54N2O10/c1-24(2)39(27-10-16-31(48-6)32(22-27)49-7,18-8-19-41(4)20-17-26-9-15-30(47-5)25(3)21-26)38(46)40-28-11-13-29(14-12-28)50-37-36(45)35(44)34(43)33(23-42)51-37/h9-16,21-22,24,33-37,42-45H,8,17-20,23H2,1-7H3,(H,40,46)/t33?,34-,35+,36?,37+,39?/m0/s1. The number of aliphatic hydroxyl groups excluding tert-OH is 4. The van der Waals surface area contributed by atoms with Gasteiger partial charge in [0.1, 0.15) is 35.9 Å². The Labute approximate surface area is 300 Å². The number of amides is 1. The second-order valence-corrected chi connectivity index (χ2v) is 13.5. The molecule has 1 aliphatic heterocycles. The maximum atomic E-state index is 14.5. The molecule has 1 fully saturated rings. The van der Waals surface area contributed by atoms with Gasteiger partial charge in [0.2, 0.25) is 12.2 Å². The van der Waals surface area contributed by atoms with Crippen molar-refractivity contribution in [2.75, 3.05) is 53.4 Å². The Morgan fingerprint density at radius 2 is 1.55 bits per heavy atom. The second-order valence-electron chi connectivity index (χ2n) is 13.5. The van der Waals surface area contributed by atoms with Crippen LogP contribution in [0.25, 0.3) is 0 Å². The van der Waals surface area contributed by atoms with Gasteiger partial charge < -0.3 is 54.3 Å². The van der Waals surface area contributed by atoms with Crippen LogP contribution >= 0.6 is 0 Å². The number of aryl methyl sites for hydroxylation is 1. The van der Waals surface area contributed by atoms with Gasteiger partial charge in [-0.2, -0.15) is 0 Å². The third-order valence-electron chi connectivity index (χ3n) is 9.85. The van der Waals surface area contributed by atoms with Crippen molar-refractivity contribution in [1.29, 1.82) is 0 Å². The summed E-state index contributed by atoms with van der Waals surface area (Å²) in [6.07, 6.45) is -4.79. The quantitative estimate of drug-likeness (QED) is 0.139. The van der Waals surface area contributed by atoms with Crippen LogP contribution in [0.1, 0.15) is 43.4 Å². The lowest BCUT2D eigenvalue weighted by Crippen LogP contribution is -2.60. The fraction of sp³-hybridized carbons (Fsp3) is 0.513. The minimum Gasteiger partial charge on any atom is -0.496 e. The topological polar surface area (TPSA) is 159 Å². The van der Waals surface area contributed by atoms with Gasteiger partial charge in [0.25, 0.3) is 0 Å². The van der Waals surface area contributed by atoms with Gasteiger partial charge >= 0.3 is 0 Å². The first kappa shape index (κ1) is 39.9. The normalized spacial score (nSPS) is 21.6. The summed E-state index contributed by atoms with van der Waals surface area (Å²) in [4.78, 5) is 16.8. The smallest absolute Gasteiger partial charge is 0.235 e. The third kappa shape index (κ3) is 9.31. The van der Waals surface area contributed by atoms with Gasteiger partial charge in [-0.05, 0) is 105 Å². The van der Waals surface area contributed by atoms with E-state index in [-0.39, 0.29) is 11.8 Å². The Hall–Kier alpha value is -3.91. The van der Waals surface area contributed by atoms with Crippen LogP contribution in [0.15, 0.2) is 60.7 Å². The number of nitrogens with one attached hydrogen (secondary N) is 1. The summed E-state index contributed by atoms with van der Waals surface area (Å²) in [5.41, 5.74) is 2.76. The SMILES string of the molecule is COc1ccc(CCN(C)CCCC(C(=O)Nc2ccc(O[C@@H]3OC(CO)[C@H](O)[C@@H](O)C3O)cc2)(c2ccc(OC)c(OC)c2)C(C)C)cc1C. The molecule has 3 aromatic carbocycles. The molecule has 0 aliphatic carbocycles. The van der Waals surface area contributed by atoms with E-state index in [1.807, 2.05) is 45.0 Å². The molecule has 0 bridgehead atoms. The molecule has 0 spiro atoms. The molecule has 3 aromatic rings. The summed E-state index contributed by atoms with van der Waals surface area (Å²) in [6.45, 7) is 7.22. The Morgan fingerprint density at radius 3 is 2.16 bits per heavy atom. The third-order valence-corrected chi connectivity index (χ3v) is 9.85. The molecule has 12 nitrogen and oxygen atoms in total. The zero-order valence-electron chi connectivity index (χ0n) is 30.7. The zero-order chi connectivity index (χ0) is 37.3. The minimum atomic E-state index is -1.56. The number of carbonyl (C=O) groups is 1. The van der Waals surface area contributed by atoms with Crippen LogP contribution in [0, 0.1) is 12.8 Å². The molecule has 0 radical (unpaired) electrons. The maximum absolute atomic E-state index is 14.5. The van der Waals surface area contributed by atoms with E-state index >= 15 is 0 Å². The van der Waals surface area contributed by atoms with Crippen molar-refractivity contribution in [2.24, 2.45) is 5.92 Å². The predicted octanol–water partition coefficient (Wildman–Crippen LogP) is 3.69. The molecule has 1 saturated heterocycles. The van der Waals surface area contributed by atoms with Crippen molar-refractivity contribution in [1.82, 2.24) is 4.90 Å². The minimum absolute atomic E-state index is 0.100. The number of nitrogens with zero attached hydrogens (tertiary/aromatic N) is 1. The van der Waals surface area contributed by atoms with Crippen molar-refractivity contribution in [3.05, 3.63) is 77.4 Å². The van der Waals surface area contributed by atoms with Crippen molar-refractivity contribution in [2.45, 2.75) is 76.2 Å². The number of hydrogen-bond acceptors (Lipinski definition) is 11. The van der Waals surface area contributed by atoms with Crippen molar-refractivity contribution >= 4 is 11.6 Å². The molecule has 4 rings (SSSR count). The summed E-state index contributed by atoms with van der Waals surface area (Å²) < 4.78 is 27.7. The Morgan fingerprint density at radius 1 is 0.882 bits per heavy atom. The fourth-order valence-corrected chi connectivity index (χ4v) is 6.70. The number of rotatable bonds is 17. The van der Waals surface area contributed by atoms with E-state index < -0.39 is 42.7 Å². The Balaban J connectivity index is 1.51. The second kappa shape index (κ2) is 18.0. The van der Waals surface area contributed by atoms with Crippen LogP contribution in [0.3, 0.4) is 0 Å². The van der Waals surface area contributed by atoms with Crippen LogP contribution in [-0.4, -0.2) is 110 Å². The highest BCUT2D eigenvalue weighted by atomic mass is 16.7. The van der Waals surface area contributed by atoms with Crippen molar-refractivity contribution < 1.29 is 48.9 Å². The maximum Gasteiger partial charge on any atom is 0.235 e. The first-order valence-electron chi connectivity index (χ1n) is 17.3. The summed E-state index contributed by atoms with van der Waals surface area (Å²) in [5, 5.41) is 43.2. The molecule has 6 atom stereocenters. The zero-order valence-corrected chi connectivity index (χ0v) is 30.7. The molecule has 280 valence electrons. The molecule has 51 heavy (non-hydrogen) atoms. The molecule has 3 unspecified atom stereocenters. The molecule has 0 aromatic heterocycles. The van der Waals surface area contributed by atoms with E-state index in [1.165, 1.54) is 5.56 Å². The van der Waals surface area contributed by atoms with E-state index in [9.17, 15) is 25.2 Å². The largest absolute Gasteiger partial charge is 0.496 e. The summed E-state index contributed by atoms with van der Waals surface area (Å²) in [6, 6.07) is 18.4. The Kier molecular flexibility index (Phi) is 14.1. The molecule has 12 heteroatoms. The lowest BCUT2D eigenvalue weighted by Gasteiger charge is -2.39. The summed E-state index contributed by atoms with van der Waals surface area (Å²) in [7, 11) is 6.93. The van der Waals surface area contributed by atoms with Crippen LogP contribution in [0.2, 0.25) is 0 Å². The molecule has 0 saturated carbocycles. The van der Waals surface area contributed by atoms with Crippen LogP contribution in [0.5, 0.6) is 23.0 Å². The highest BCUT2D eigenvalue weighted by Crippen LogP contribution is 2.42. The fourth-order valence-electron chi connectivity index (χ4n) is 6.70. The van der Waals surface area contributed by atoms with Crippen LogP contribution < -0.4 is 24.3 Å². The number of benzene rings is 3. The van der Waals surface area contributed by atoms with Crippen molar-refractivity contribution in [3.63, 3.8) is 0 Å². The summed E-state index contributed by atoms with van der Waals surface area (Å²) >= 11 is 0. The average Bonchev–Trinajstić information content (AvgIpc) is 3.13. The summed E-state index contributed by atoms with van der Waals surface area (Å²) in [5.74, 6) is 2.00. The number of methoxy groups -OCH3 is 3. The highest BCUT2D eigenvalue weighted by molar-refractivity contribution is 5.99. The van der Waals surface area contributed by atoms with E-state index in [0.717, 1.165) is 42.8 Å². The molecule has 1 heterocycles. The molecular formula is C39H54N2O10. The first-order chi connectivity index (χ1) is 24.4. The molecule has 1 amide bonds. The van der Waals surface area contributed by atoms with Gasteiger partial charge in [-0.3, -0.25) is 4.79 Å². The van der Waals surface area contributed by atoms with E-state index in [1.54, 1.807) is 45.6 Å². The average molecular weight is 711 g/mol. The number of hydrogen-bond donors (Lipinski definition) is 5. The monoisotopic (exact) mass is 710 g/mol. The van der Waals surface area contributed by atoms with Gasteiger partial charge in [-0.1, -0.05) is 32.0 Å². The van der Waals surface area contributed by atoms with E-state index in [4.69, 9.17) is 23.7 Å². The van der Waals surface area contributed by atoms with E-state index in [0.29, 0.717) is 29.4 Å². The van der Waals surface area contributed by atoms with Gasteiger partial charge in [-0.25, -0.2) is 0 Å². The predicted molar refractivity (Wildman–Crippen MR) is 194 cm³/mol. The van der Waals surface area contributed by atoms with Gasteiger partial charge in [0.05, 0.1) is 33.4 Å². The lowest BCUT2D eigenvalue weighted by atomic mass is 9.67. The number of likely N-dealkylation sites (N-methyl/N-ethyl adjacent to an activating group) is 1. The van der Waals surface area contributed by atoms with Crippen molar-refractivity contribution in [3.8, 4) is 23.0 Å². The number of anilines is 1. The van der Waals surface area contributed by atoms with E-state index in [2.05, 4.69) is 29.4 Å². The Bertz CT molecular complexity index is 1570. The molecule has 5 N–H and O–H groups in total. The lowest BCUT2D eigenvalue weighted by molar-refractivity contribution is -0.277. The number of aliphatic hydroxyl groups is 4. The van der Waals surface area contributed by atoms with Gasteiger partial charge in [0.15, 0.2) is 11.5 Å². The first-order valence-corrected chi connectivity index (χ1v) is 17.3. The molecular weight excluding hydrogens is 656 g/mol. The van der Waals surface area contributed by atoms with Crippen LogP contribution in [0.4, 0.5) is 5.69 Å². The highest BCUT2D eigenvalue weighted by Gasteiger charge is 2.45. The van der Waals surface area contributed by atoms with Gasteiger partial charge in [0, 0.05) is 12.2 Å².